The highest BCUT2D eigenvalue weighted by molar-refractivity contribution is 5.35. The molecule has 2 N–H and O–H groups in total. The number of benzene rings is 1. The molecule has 25 heavy (non-hydrogen) atoms. The highest BCUT2D eigenvalue weighted by Gasteiger charge is 2.34. The van der Waals surface area contributed by atoms with Crippen LogP contribution in [0.3, 0.4) is 0 Å². The number of ether oxygens (including phenoxy) is 1. The van der Waals surface area contributed by atoms with Crippen molar-refractivity contribution < 1.29 is 31.8 Å². The van der Waals surface area contributed by atoms with E-state index in [0.717, 1.165) is 12.1 Å². The molecule has 0 fully saturated rings. The Bertz CT molecular complexity index is 682. The van der Waals surface area contributed by atoms with Gasteiger partial charge in [0, 0.05) is 19.7 Å². The number of aliphatic hydroxyl groups excluding tert-OH is 1. The van der Waals surface area contributed by atoms with Crippen LogP contribution in [0.5, 0.6) is 5.75 Å². The number of hydrogen-bond acceptors (Lipinski definition) is 5. The molecule has 0 radical (unpaired) electrons. The molecule has 1 heterocycles. The molecule has 1 aromatic carbocycles. The van der Waals surface area contributed by atoms with Gasteiger partial charge in [-0.15, -0.1) is 18.3 Å². The highest BCUT2D eigenvalue weighted by Crippen LogP contribution is 2.29. The minimum Gasteiger partial charge on any atom is -0.399 e. The Hall–Kier alpha value is -2.43. The molecule has 2 rings (SSSR count). The van der Waals surface area contributed by atoms with Crippen molar-refractivity contribution in [2.45, 2.75) is 32.3 Å². The van der Waals surface area contributed by atoms with Crippen LogP contribution in [0.2, 0.25) is 0 Å². The molecule has 0 unspecified atom stereocenters. The number of alkyl halides is 3. The van der Waals surface area contributed by atoms with Crippen molar-refractivity contribution in [3.05, 3.63) is 35.5 Å². The van der Waals surface area contributed by atoms with E-state index < -0.39 is 23.7 Å². The molecule has 0 bridgehead atoms. The first-order valence-corrected chi connectivity index (χ1v) is 7.27. The van der Waals surface area contributed by atoms with Crippen LogP contribution < -0.4 is 10.1 Å². The summed E-state index contributed by atoms with van der Waals surface area (Å²) in [4.78, 5) is 0. The second kappa shape index (κ2) is 8.10. The van der Waals surface area contributed by atoms with Crippen molar-refractivity contribution in [3.8, 4) is 5.75 Å². The molecule has 2 aromatic rings. The fraction of sp³-hybridized carbons (Fsp3) is 0.429. The lowest BCUT2D eigenvalue weighted by atomic mass is 10.2. The van der Waals surface area contributed by atoms with E-state index >= 15 is 0 Å². The third-order valence-corrected chi connectivity index (χ3v) is 3.08. The Morgan fingerprint density at radius 1 is 1.16 bits per heavy atom. The van der Waals surface area contributed by atoms with Gasteiger partial charge in [-0.1, -0.05) is 5.21 Å². The van der Waals surface area contributed by atoms with Gasteiger partial charge in [0.05, 0.1) is 6.20 Å². The molecule has 0 aliphatic rings. The zero-order chi connectivity index (χ0) is 18.4. The van der Waals surface area contributed by atoms with E-state index in [0.29, 0.717) is 25.2 Å². The highest BCUT2D eigenvalue weighted by atomic mass is 19.4. The Morgan fingerprint density at radius 3 is 2.44 bits per heavy atom. The number of rotatable bonds is 8. The molecule has 0 saturated heterocycles. The number of hydrogen-bond donors (Lipinski definition) is 2. The van der Waals surface area contributed by atoms with Gasteiger partial charge in [0.15, 0.2) is 17.5 Å². The first-order chi connectivity index (χ1) is 11.8. The largest absolute Gasteiger partial charge is 0.573 e. The van der Waals surface area contributed by atoms with Crippen molar-refractivity contribution >= 4 is 5.82 Å². The summed E-state index contributed by atoms with van der Waals surface area (Å²) in [5.74, 6) is -4.07. The van der Waals surface area contributed by atoms with Gasteiger partial charge < -0.3 is 15.2 Å². The van der Waals surface area contributed by atoms with Crippen LogP contribution in [0, 0.1) is 11.6 Å². The summed E-state index contributed by atoms with van der Waals surface area (Å²) >= 11 is 0. The fourth-order valence-electron chi connectivity index (χ4n) is 1.99. The second-order valence-electron chi connectivity index (χ2n) is 5.09. The molecule has 0 amide bonds. The molecular weight excluding hydrogens is 351 g/mol. The van der Waals surface area contributed by atoms with Gasteiger partial charge >= 0.3 is 6.36 Å². The van der Waals surface area contributed by atoms with Gasteiger partial charge in [0.1, 0.15) is 0 Å². The summed E-state index contributed by atoms with van der Waals surface area (Å²) in [6.45, 7) is 0.544. The third kappa shape index (κ3) is 5.85. The van der Waals surface area contributed by atoms with Crippen LogP contribution in [0.15, 0.2) is 18.3 Å². The maximum atomic E-state index is 13.6. The maximum absolute atomic E-state index is 13.6. The molecule has 0 aliphatic carbocycles. The zero-order valence-electron chi connectivity index (χ0n) is 12.9. The number of nitrogens with one attached hydrogen (secondary N) is 1. The molecule has 138 valence electrons. The van der Waals surface area contributed by atoms with Crippen LogP contribution in [-0.4, -0.2) is 33.1 Å². The zero-order valence-corrected chi connectivity index (χ0v) is 12.9. The summed E-state index contributed by atoms with van der Waals surface area (Å²) in [6.07, 6.45) is -2.30. The third-order valence-electron chi connectivity index (χ3n) is 3.08. The van der Waals surface area contributed by atoms with Crippen molar-refractivity contribution in [3.63, 3.8) is 0 Å². The number of aromatic nitrogens is 3. The van der Waals surface area contributed by atoms with E-state index in [-0.39, 0.29) is 18.7 Å². The minimum atomic E-state index is -5.18. The van der Waals surface area contributed by atoms with Crippen LogP contribution >= 0.6 is 0 Å². The topological polar surface area (TPSA) is 72.2 Å². The van der Waals surface area contributed by atoms with Crippen molar-refractivity contribution in [2.24, 2.45) is 0 Å². The monoisotopic (exact) mass is 366 g/mol. The van der Waals surface area contributed by atoms with Gasteiger partial charge in [-0.2, -0.15) is 0 Å². The lowest BCUT2D eigenvalue weighted by Crippen LogP contribution is -2.19. The SMILES string of the molecule is OCCCCn1cc(NCc2cc(F)c(OC(F)(F)F)c(F)c2)nn1. The number of anilines is 1. The number of aliphatic hydroxyl groups is 1. The standard InChI is InChI=1S/C14H15F5N4O2/c15-10-5-9(6-11(16)13(10)25-14(17,18)19)7-20-12-8-23(22-21-12)3-1-2-4-24/h5-6,8,20,24H,1-4,7H2. The molecule has 6 nitrogen and oxygen atoms in total. The molecule has 0 aliphatic heterocycles. The average Bonchev–Trinajstić information content (AvgIpc) is 2.96. The Balaban J connectivity index is 1.97. The summed E-state index contributed by atoms with van der Waals surface area (Å²) < 4.78 is 68.3. The van der Waals surface area contributed by atoms with Crippen LogP contribution in [0.4, 0.5) is 27.8 Å². The van der Waals surface area contributed by atoms with Crippen LogP contribution in [0.1, 0.15) is 18.4 Å². The predicted molar refractivity (Wildman–Crippen MR) is 76.7 cm³/mol. The van der Waals surface area contributed by atoms with E-state index in [4.69, 9.17) is 5.11 Å². The molecule has 0 atom stereocenters. The van der Waals surface area contributed by atoms with Gasteiger partial charge in [-0.25, -0.2) is 8.78 Å². The van der Waals surface area contributed by atoms with E-state index in [1.807, 2.05) is 0 Å². The molecule has 11 heteroatoms. The quantitative estimate of drug-likeness (QED) is 0.555. The van der Waals surface area contributed by atoms with Gasteiger partial charge in [0.25, 0.3) is 0 Å². The average molecular weight is 366 g/mol. The summed E-state index contributed by atoms with van der Waals surface area (Å²) in [7, 11) is 0. The van der Waals surface area contributed by atoms with E-state index in [2.05, 4.69) is 20.4 Å². The Labute approximate surface area is 139 Å². The maximum Gasteiger partial charge on any atom is 0.573 e. The second-order valence-corrected chi connectivity index (χ2v) is 5.09. The van der Waals surface area contributed by atoms with Gasteiger partial charge in [-0.05, 0) is 30.5 Å². The van der Waals surface area contributed by atoms with Crippen molar-refractivity contribution in [2.75, 3.05) is 11.9 Å². The van der Waals surface area contributed by atoms with E-state index in [1.54, 1.807) is 6.20 Å². The lowest BCUT2D eigenvalue weighted by molar-refractivity contribution is -0.276. The number of aryl methyl sites for hydroxylation is 1. The van der Waals surface area contributed by atoms with Crippen LogP contribution in [-0.2, 0) is 13.1 Å². The first kappa shape index (κ1) is 18.9. The van der Waals surface area contributed by atoms with Gasteiger partial charge in [-0.3, -0.25) is 4.68 Å². The van der Waals surface area contributed by atoms with Gasteiger partial charge in [0.2, 0.25) is 5.75 Å². The van der Waals surface area contributed by atoms with E-state index in [9.17, 15) is 22.0 Å². The Morgan fingerprint density at radius 2 is 1.84 bits per heavy atom. The number of nitrogens with zero attached hydrogens (tertiary/aromatic N) is 3. The molecular formula is C14H15F5N4O2. The normalized spacial score (nSPS) is 11.6. The molecule has 0 spiro atoms. The van der Waals surface area contributed by atoms with Crippen molar-refractivity contribution in [1.29, 1.82) is 0 Å². The summed E-state index contributed by atoms with van der Waals surface area (Å²) in [5, 5.41) is 19.1. The fourth-order valence-corrected chi connectivity index (χ4v) is 1.99. The summed E-state index contributed by atoms with van der Waals surface area (Å²) in [6, 6.07) is 1.48. The van der Waals surface area contributed by atoms with E-state index in [1.165, 1.54) is 4.68 Å². The molecule has 0 saturated carbocycles. The molecule has 1 aromatic heterocycles. The smallest absolute Gasteiger partial charge is 0.399 e. The number of unbranched alkanes of at least 4 members (excludes halogenated alkanes) is 1. The summed E-state index contributed by atoms with van der Waals surface area (Å²) in [5.41, 5.74) is 0.0688. The van der Waals surface area contributed by atoms with Crippen molar-refractivity contribution in [1.82, 2.24) is 15.0 Å². The first-order valence-electron chi connectivity index (χ1n) is 7.27. The minimum absolute atomic E-state index is 0.0688. The predicted octanol–water partition coefficient (Wildman–Crippen LogP) is 2.84. The lowest BCUT2D eigenvalue weighted by Gasteiger charge is -2.12. The Kier molecular flexibility index (Phi) is 6.12. The number of halogens is 5. The van der Waals surface area contributed by atoms with Crippen LogP contribution in [0.25, 0.3) is 0 Å².